The van der Waals surface area contributed by atoms with E-state index in [0.717, 1.165) is 25.7 Å². The number of hydrogen-bond acceptors (Lipinski definition) is 5. The van der Waals surface area contributed by atoms with Gasteiger partial charge < -0.3 is 14.8 Å². The third-order valence-electron chi connectivity index (χ3n) is 2.53. The number of alkyl carbamates (subject to hydrolysis) is 1. The van der Waals surface area contributed by atoms with Gasteiger partial charge in [-0.1, -0.05) is 26.7 Å². The van der Waals surface area contributed by atoms with Crippen molar-refractivity contribution in [2.75, 3.05) is 24.7 Å². The maximum Gasteiger partial charge on any atom is 0.407 e. The van der Waals surface area contributed by atoms with Crippen LogP contribution in [0, 0.1) is 0 Å². The second kappa shape index (κ2) is 13.1. The van der Waals surface area contributed by atoms with E-state index in [9.17, 15) is 9.59 Å². The summed E-state index contributed by atoms with van der Waals surface area (Å²) < 4.78 is 9.93. The number of esters is 1. The van der Waals surface area contributed by atoms with Crippen molar-refractivity contribution in [1.29, 1.82) is 0 Å². The van der Waals surface area contributed by atoms with Crippen LogP contribution in [-0.4, -0.2) is 42.8 Å². The van der Waals surface area contributed by atoms with Crippen LogP contribution in [0.1, 0.15) is 46.5 Å². The molecule has 1 atom stereocenters. The van der Waals surface area contributed by atoms with Crippen molar-refractivity contribution >= 4 is 23.8 Å². The minimum absolute atomic E-state index is 0.0357. The van der Waals surface area contributed by atoms with E-state index in [2.05, 4.69) is 12.2 Å². The molecule has 0 aromatic heterocycles. The van der Waals surface area contributed by atoms with E-state index in [1.807, 2.05) is 6.92 Å². The highest BCUT2D eigenvalue weighted by molar-refractivity contribution is 7.99. The molecule has 6 heteroatoms. The van der Waals surface area contributed by atoms with E-state index in [0.29, 0.717) is 24.7 Å². The van der Waals surface area contributed by atoms with Gasteiger partial charge in [-0.2, -0.15) is 0 Å². The normalized spacial score (nSPS) is 11.8. The summed E-state index contributed by atoms with van der Waals surface area (Å²) in [4.78, 5) is 22.8. The van der Waals surface area contributed by atoms with E-state index in [4.69, 9.17) is 9.47 Å². The van der Waals surface area contributed by atoms with Crippen molar-refractivity contribution < 1.29 is 19.1 Å². The van der Waals surface area contributed by atoms with E-state index in [-0.39, 0.29) is 18.1 Å². The number of amides is 1. The second-order valence-electron chi connectivity index (χ2n) is 4.44. The van der Waals surface area contributed by atoms with Crippen LogP contribution in [0.4, 0.5) is 4.79 Å². The molecule has 0 saturated carbocycles. The van der Waals surface area contributed by atoms with Gasteiger partial charge >= 0.3 is 12.1 Å². The molecule has 0 aliphatic carbocycles. The van der Waals surface area contributed by atoms with Gasteiger partial charge in [0.1, 0.15) is 0 Å². The number of ether oxygens (including phenoxy) is 2. The average molecular weight is 305 g/mol. The Kier molecular flexibility index (Phi) is 12.5. The van der Waals surface area contributed by atoms with Crippen LogP contribution in [0.2, 0.25) is 0 Å². The van der Waals surface area contributed by atoms with Crippen molar-refractivity contribution in [3.63, 3.8) is 0 Å². The molecular weight excluding hydrogens is 278 g/mol. The van der Waals surface area contributed by atoms with Gasteiger partial charge in [0.2, 0.25) is 0 Å². The summed E-state index contributed by atoms with van der Waals surface area (Å²) in [6, 6.07) is 0.0357. The first-order valence-corrected chi connectivity index (χ1v) is 8.46. The number of unbranched alkanes of at least 4 members (excludes halogenated alkanes) is 1. The topological polar surface area (TPSA) is 64.6 Å². The third kappa shape index (κ3) is 11.0. The van der Waals surface area contributed by atoms with Crippen LogP contribution in [0.25, 0.3) is 0 Å². The number of rotatable bonds is 11. The molecule has 118 valence electrons. The summed E-state index contributed by atoms with van der Waals surface area (Å²) >= 11 is 1.47. The molecule has 1 unspecified atom stereocenters. The summed E-state index contributed by atoms with van der Waals surface area (Å²) in [6.45, 7) is 6.76. The maximum atomic E-state index is 11.6. The van der Waals surface area contributed by atoms with Gasteiger partial charge in [0.15, 0.2) is 0 Å². The Morgan fingerprint density at radius 1 is 1.15 bits per heavy atom. The molecule has 0 saturated heterocycles. The molecule has 5 nitrogen and oxygen atoms in total. The van der Waals surface area contributed by atoms with Crippen LogP contribution in [0.3, 0.4) is 0 Å². The van der Waals surface area contributed by atoms with E-state index < -0.39 is 0 Å². The quantitative estimate of drug-likeness (QED) is 0.469. The molecule has 0 bridgehead atoms. The minimum atomic E-state index is -0.367. The zero-order chi connectivity index (χ0) is 15.2. The Labute approximate surface area is 126 Å². The number of hydrogen-bond donors (Lipinski definition) is 1. The Balaban J connectivity index is 3.90. The zero-order valence-electron chi connectivity index (χ0n) is 12.8. The first kappa shape index (κ1) is 19.1. The van der Waals surface area contributed by atoms with Gasteiger partial charge in [-0.05, 0) is 19.8 Å². The highest BCUT2D eigenvalue weighted by atomic mass is 32.2. The molecule has 1 N–H and O–H groups in total. The zero-order valence-corrected chi connectivity index (χ0v) is 13.6. The van der Waals surface area contributed by atoms with Crippen molar-refractivity contribution in [2.24, 2.45) is 0 Å². The van der Waals surface area contributed by atoms with Crippen LogP contribution in [0.15, 0.2) is 0 Å². The van der Waals surface area contributed by atoms with E-state index in [1.54, 1.807) is 6.92 Å². The number of thioether (sulfide) groups is 1. The molecule has 0 spiro atoms. The lowest BCUT2D eigenvalue weighted by Crippen LogP contribution is -2.37. The van der Waals surface area contributed by atoms with Crippen LogP contribution in [0.5, 0.6) is 0 Å². The van der Waals surface area contributed by atoms with Gasteiger partial charge in [-0.15, -0.1) is 11.8 Å². The molecular formula is C14H27NO4S. The Morgan fingerprint density at radius 3 is 2.50 bits per heavy atom. The predicted molar refractivity (Wildman–Crippen MR) is 82.0 cm³/mol. The number of carbonyl (C=O) groups excluding carboxylic acids is 2. The third-order valence-corrected chi connectivity index (χ3v) is 3.61. The van der Waals surface area contributed by atoms with Crippen molar-refractivity contribution in [1.82, 2.24) is 5.32 Å². The van der Waals surface area contributed by atoms with Gasteiger partial charge in [-0.3, -0.25) is 4.79 Å². The molecule has 0 radical (unpaired) electrons. The molecule has 0 aliphatic rings. The van der Waals surface area contributed by atoms with Gasteiger partial charge in [0.05, 0.1) is 19.0 Å². The highest BCUT2D eigenvalue weighted by Crippen LogP contribution is 2.08. The Bertz CT molecular complexity index is 274. The number of nitrogens with one attached hydrogen (secondary N) is 1. The molecule has 0 heterocycles. The Hall–Kier alpha value is -0.910. The monoisotopic (exact) mass is 305 g/mol. The summed E-state index contributed by atoms with van der Waals surface area (Å²) in [5.41, 5.74) is 0. The van der Waals surface area contributed by atoms with Crippen LogP contribution >= 0.6 is 11.8 Å². The van der Waals surface area contributed by atoms with Crippen molar-refractivity contribution in [3.05, 3.63) is 0 Å². The molecule has 1 amide bonds. The SMILES string of the molecule is CCCCOC(=O)NC(CCC)CSCC(=O)OCC. The first-order valence-electron chi connectivity index (χ1n) is 7.30. The average Bonchev–Trinajstić information content (AvgIpc) is 2.39. The molecule has 0 aromatic carbocycles. The predicted octanol–water partition coefficient (Wildman–Crippen LogP) is 2.98. The molecule has 0 aliphatic heterocycles. The van der Waals surface area contributed by atoms with Crippen molar-refractivity contribution in [3.8, 4) is 0 Å². The minimum Gasteiger partial charge on any atom is -0.465 e. The van der Waals surface area contributed by atoms with Crippen molar-refractivity contribution in [2.45, 2.75) is 52.5 Å². The lowest BCUT2D eigenvalue weighted by Gasteiger charge is -2.17. The van der Waals surface area contributed by atoms with Gasteiger partial charge in [0, 0.05) is 11.8 Å². The summed E-state index contributed by atoms with van der Waals surface area (Å²) in [5, 5.41) is 2.85. The summed E-state index contributed by atoms with van der Waals surface area (Å²) in [6.07, 6.45) is 3.36. The van der Waals surface area contributed by atoms with E-state index >= 15 is 0 Å². The van der Waals surface area contributed by atoms with E-state index in [1.165, 1.54) is 11.8 Å². The van der Waals surface area contributed by atoms with Crippen LogP contribution < -0.4 is 5.32 Å². The fourth-order valence-corrected chi connectivity index (χ4v) is 2.45. The first-order chi connectivity index (χ1) is 9.63. The molecule has 0 aromatic rings. The lowest BCUT2D eigenvalue weighted by molar-refractivity contribution is -0.139. The molecule has 20 heavy (non-hydrogen) atoms. The largest absolute Gasteiger partial charge is 0.465 e. The smallest absolute Gasteiger partial charge is 0.407 e. The maximum absolute atomic E-state index is 11.6. The molecule has 0 fully saturated rings. The fourth-order valence-electron chi connectivity index (χ4n) is 1.55. The van der Waals surface area contributed by atoms with Gasteiger partial charge in [-0.25, -0.2) is 4.79 Å². The fraction of sp³-hybridized carbons (Fsp3) is 0.857. The van der Waals surface area contributed by atoms with Crippen LogP contribution in [-0.2, 0) is 14.3 Å². The Morgan fingerprint density at radius 2 is 1.90 bits per heavy atom. The standard InChI is InChI=1S/C14H27NO4S/c1-4-7-9-19-14(17)15-12(8-5-2)10-20-11-13(16)18-6-3/h12H,4-11H2,1-3H3,(H,15,17). The lowest BCUT2D eigenvalue weighted by atomic mass is 10.2. The summed E-state index contributed by atoms with van der Waals surface area (Å²) in [5.74, 6) is 0.800. The highest BCUT2D eigenvalue weighted by Gasteiger charge is 2.13. The van der Waals surface area contributed by atoms with Gasteiger partial charge in [0.25, 0.3) is 0 Å². The number of carbonyl (C=O) groups is 2. The summed E-state index contributed by atoms with van der Waals surface area (Å²) in [7, 11) is 0. The second-order valence-corrected chi connectivity index (χ2v) is 5.47. The molecule has 0 rings (SSSR count).